The van der Waals surface area contributed by atoms with Gasteiger partial charge in [-0.15, -0.1) is 0 Å². The molecule has 1 heterocycles. The maximum absolute atomic E-state index is 11.2. The molecule has 17 heavy (non-hydrogen) atoms. The van der Waals surface area contributed by atoms with Crippen molar-refractivity contribution in [3.63, 3.8) is 0 Å². The number of phenols is 1. The predicted molar refractivity (Wildman–Crippen MR) is 58.5 cm³/mol. The van der Waals surface area contributed by atoms with Gasteiger partial charge in [-0.25, -0.2) is 4.98 Å². The molecule has 1 atom stereocenters. The molecule has 1 aromatic carbocycles. The SMILES string of the molecule is O=C(O)C(Cn1cncn1)c1ccccc1O. The van der Waals surface area contributed by atoms with E-state index < -0.39 is 11.9 Å². The van der Waals surface area contributed by atoms with E-state index in [-0.39, 0.29) is 12.3 Å². The van der Waals surface area contributed by atoms with Gasteiger partial charge in [-0.2, -0.15) is 5.10 Å². The fraction of sp³-hybridized carbons (Fsp3) is 0.182. The molecule has 0 saturated carbocycles. The van der Waals surface area contributed by atoms with Crippen molar-refractivity contribution >= 4 is 5.97 Å². The molecule has 6 nitrogen and oxygen atoms in total. The molecule has 0 aliphatic rings. The first-order valence-electron chi connectivity index (χ1n) is 5.01. The normalized spacial score (nSPS) is 12.2. The van der Waals surface area contributed by atoms with E-state index in [4.69, 9.17) is 0 Å². The highest BCUT2D eigenvalue weighted by Crippen LogP contribution is 2.26. The van der Waals surface area contributed by atoms with E-state index in [2.05, 4.69) is 10.1 Å². The number of carboxylic acids is 1. The van der Waals surface area contributed by atoms with Crippen molar-refractivity contribution in [2.24, 2.45) is 0 Å². The van der Waals surface area contributed by atoms with E-state index in [1.54, 1.807) is 18.2 Å². The minimum absolute atomic E-state index is 0.0278. The van der Waals surface area contributed by atoms with Gasteiger partial charge in [0, 0.05) is 5.56 Å². The van der Waals surface area contributed by atoms with Crippen molar-refractivity contribution in [1.82, 2.24) is 14.8 Å². The lowest BCUT2D eigenvalue weighted by molar-refractivity contribution is -0.139. The minimum atomic E-state index is -1.01. The van der Waals surface area contributed by atoms with Gasteiger partial charge < -0.3 is 10.2 Å². The predicted octanol–water partition coefficient (Wildman–Crippen LogP) is 0.852. The summed E-state index contributed by atoms with van der Waals surface area (Å²) >= 11 is 0. The first-order chi connectivity index (χ1) is 8.18. The number of carboxylic acid groups (broad SMARTS) is 1. The summed E-state index contributed by atoms with van der Waals surface area (Å²) in [5, 5.41) is 22.7. The molecule has 0 spiro atoms. The van der Waals surface area contributed by atoms with E-state index in [1.807, 2.05) is 0 Å². The lowest BCUT2D eigenvalue weighted by Gasteiger charge is -2.13. The molecule has 0 saturated heterocycles. The molecule has 1 unspecified atom stereocenters. The fourth-order valence-corrected chi connectivity index (χ4v) is 1.61. The summed E-state index contributed by atoms with van der Waals surface area (Å²) in [6.07, 6.45) is 2.78. The van der Waals surface area contributed by atoms with Crippen LogP contribution in [0.5, 0.6) is 5.75 Å². The van der Waals surface area contributed by atoms with Crippen molar-refractivity contribution in [2.75, 3.05) is 0 Å². The van der Waals surface area contributed by atoms with Crippen LogP contribution in [0.1, 0.15) is 11.5 Å². The zero-order valence-electron chi connectivity index (χ0n) is 8.89. The van der Waals surface area contributed by atoms with Gasteiger partial charge in [0.15, 0.2) is 0 Å². The zero-order valence-corrected chi connectivity index (χ0v) is 8.89. The lowest BCUT2D eigenvalue weighted by Crippen LogP contribution is -2.18. The van der Waals surface area contributed by atoms with Crippen LogP contribution in [0.2, 0.25) is 0 Å². The Morgan fingerprint density at radius 1 is 1.41 bits per heavy atom. The van der Waals surface area contributed by atoms with Gasteiger partial charge in [0.25, 0.3) is 0 Å². The molecular weight excluding hydrogens is 222 g/mol. The van der Waals surface area contributed by atoms with Crippen LogP contribution in [-0.2, 0) is 11.3 Å². The third kappa shape index (κ3) is 2.41. The summed E-state index contributed by atoms with van der Waals surface area (Å²) in [4.78, 5) is 15.0. The smallest absolute Gasteiger partial charge is 0.313 e. The maximum Gasteiger partial charge on any atom is 0.313 e. The summed E-state index contributed by atoms with van der Waals surface area (Å²) in [6.45, 7) is 0.132. The van der Waals surface area contributed by atoms with Gasteiger partial charge in [0.2, 0.25) is 0 Å². The highest BCUT2D eigenvalue weighted by molar-refractivity contribution is 5.77. The van der Waals surface area contributed by atoms with Crippen LogP contribution in [0.15, 0.2) is 36.9 Å². The minimum Gasteiger partial charge on any atom is -0.508 e. The molecule has 6 heteroatoms. The van der Waals surface area contributed by atoms with E-state index in [1.165, 1.54) is 23.4 Å². The average molecular weight is 233 g/mol. The molecule has 0 aliphatic heterocycles. The molecule has 0 bridgehead atoms. The van der Waals surface area contributed by atoms with Gasteiger partial charge in [0.05, 0.1) is 6.54 Å². The Labute approximate surface area is 97.2 Å². The highest BCUT2D eigenvalue weighted by Gasteiger charge is 2.23. The Bertz CT molecular complexity index is 510. The largest absolute Gasteiger partial charge is 0.508 e. The molecule has 88 valence electrons. The monoisotopic (exact) mass is 233 g/mol. The molecule has 2 N–H and O–H groups in total. The van der Waals surface area contributed by atoms with Gasteiger partial charge in [-0.3, -0.25) is 9.48 Å². The molecule has 0 aliphatic carbocycles. The van der Waals surface area contributed by atoms with Gasteiger partial charge >= 0.3 is 5.97 Å². The second-order valence-electron chi connectivity index (χ2n) is 3.57. The van der Waals surface area contributed by atoms with Crippen molar-refractivity contribution < 1.29 is 15.0 Å². The molecular formula is C11H11N3O3. The van der Waals surface area contributed by atoms with E-state index in [9.17, 15) is 15.0 Å². The Hall–Kier alpha value is -2.37. The summed E-state index contributed by atoms with van der Waals surface area (Å²) in [5.74, 6) is -1.89. The molecule has 0 radical (unpaired) electrons. The van der Waals surface area contributed by atoms with Gasteiger partial charge in [0.1, 0.15) is 24.3 Å². The van der Waals surface area contributed by atoms with Crippen molar-refractivity contribution in [1.29, 1.82) is 0 Å². The maximum atomic E-state index is 11.2. The third-order valence-corrected chi connectivity index (χ3v) is 2.45. The Kier molecular flexibility index (Phi) is 3.04. The summed E-state index contributed by atoms with van der Waals surface area (Å²) < 4.78 is 1.42. The number of hydrogen-bond donors (Lipinski definition) is 2. The molecule has 2 rings (SSSR count). The van der Waals surface area contributed by atoms with Crippen LogP contribution >= 0.6 is 0 Å². The zero-order chi connectivity index (χ0) is 12.3. The Morgan fingerprint density at radius 3 is 2.76 bits per heavy atom. The number of aromatic nitrogens is 3. The number of aromatic hydroxyl groups is 1. The number of nitrogens with zero attached hydrogens (tertiary/aromatic N) is 3. The third-order valence-electron chi connectivity index (χ3n) is 2.45. The average Bonchev–Trinajstić information content (AvgIpc) is 2.79. The topological polar surface area (TPSA) is 88.2 Å². The second kappa shape index (κ2) is 4.65. The van der Waals surface area contributed by atoms with Crippen molar-refractivity contribution in [3.8, 4) is 5.75 Å². The van der Waals surface area contributed by atoms with Gasteiger partial charge in [-0.1, -0.05) is 18.2 Å². The molecule has 2 aromatic rings. The van der Waals surface area contributed by atoms with Crippen LogP contribution in [0.4, 0.5) is 0 Å². The van der Waals surface area contributed by atoms with Crippen LogP contribution < -0.4 is 0 Å². The number of aliphatic carboxylic acids is 1. The highest BCUT2D eigenvalue weighted by atomic mass is 16.4. The van der Waals surface area contributed by atoms with Gasteiger partial charge in [-0.05, 0) is 6.07 Å². The number of rotatable bonds is 4. The van der Waals surface area contributed by atoms with Crippen LogP contribution in [0, 0.1) is 0 Å². The number of benzene rings is 1. The number of para-hydroxylation sites is 1. The number of phenolic OH excluding ortho intramolecular Hbond substituents is 1. The van der Waals surface area contributed by atoms with Crippen molar-refractivity contribution in [3.05, 3.63) is 42.5 Å². The van der Waals surface area contributed by atoms with E-state index in [0.29, 0.717) is 5.56 Å². The second-order valence-corrected chi connectivity index (χ2v) is 3.57. The van der Waals surface area contributed by atoms with Crippen molar-refractivity contribution in [2.45, 2.75) is 12.5 Å². The molecule has 0 amide bonds. The lowest BCUT2D eigenvalue weighted by atomic mass is 9.98. The van der Waals surface area contributed by atoms with E-state index in [0.717, 1.165) is 0 Å². The summed E-state index contributed by atoms with van der Waals surface area (Å²) in [5.41, 5.74) is 0.371. The first kappa shape index (κ1) is 11.1. The summed E-state index contributed by atoms with van der Waals surface area (Å²) in [6, 6.07) is 6.39. The Balaban J connectivity index is 2.30. The van der Waals surface area contributed by atoms with Crippen LogP contribution in [-0.4, -0.2) is 30.9 Å². The van der Waals surface area contributed by atoms with Crippen LogP contribution in [0.3, 0.4) is 0 Å². The molecule has 0 fully saturated rings. The van der Waals surface area contributed by atoms with Crippen LogP contribution in [0.25, 0.3) is 0 Å². The quantitative estimate of drug-likeness (QED) is 0.817. The fourth-order valence-electron chi connectivity index (χ4n) is 1.61. The molecule has 1 aromatic heterocycles. The summed E-state index contributed by atoms with van der Waals surface area (Å²) in [7, 11) is 0. The number of carbonyl (C=O) groups is 1. The number of hydrogen-bond acceptors (Lipinski definition) is 4. The van der Waals surface area contributed by atoms with E-state index >= 15 is 0 Å². The first-order valence-corrected chi connectivity index (χ1v) is 5.01. The standard InChI is InChI=1S/C11H11N3O3/c15-10-4-2-1-3-8(10)9(11(16)17)5-14-7-12-6-13-14/h1-4,6-7,9,15H,5H2,(H,16,17). The Morgan fingerprint density at radius 2 is 2.18 bits per heavy atom.